The van der Waals surface area contributed by atoms with E-state index in [0.29, 0.717) is 12.8 Å². The number of rotatable bonds is 5. The van der Waals surface area contributed by atoms with E-state index in [1.54, 1.807) is 0 Å². The summed E-state index contributed by atoms with van der Waals surface area (Å²) in [6.07, 6.45) is 0.745. The Labute approximate surface area is 65.5 Å². The van der Waals surface area contributed by atoms with Crippen molar-refractivity contribution in [2.75, 3.05) is 6.61 Å². The lowest BCUT2D eigenvalue weighted by atomic mass is 10.0. The molecule has 4 nitrogen and oxygen atoms in total. The van der Waals surface area contributed by atoms with Gasteiger partial charge in [0, 0.05) is 6.42 Å². The fourth-order valence-electron chi connectivity index (χ4n) is 0.700. The molecular weight excluding hydrogens is 148 g/mol. The summed E-state index contributed by atoms with van der Waals surface area (Å²) < 4.78 is 0. The fourth-order valence-corrected chi connectivity index (χ4v) is 0.700. The zero-order valence-electron chi connectivity index (χ0n) is 6.58. The Hall–Kier alpha value is -0.610. The quantitative estimate of drug-likeness (QED) is 0.531. The Bertz CT molecular complexity index is 130. The van der Waals surface area contributed by atoms with Gasteiger partial charge in [-0.25, -0.2) is 0 Å². The number of carbonyl (C=O) groups is 1. The van der Waals surface area contributed by atoms with E-state index in [1.165, 1.54) is 6.92 Å². The first-order valence-electron chi connectivity index (χ1n) is 3.53. The minimum atomic E-state index is -1.13. The molecule has 11 heavy (non-hydrogen) atoms. The third kappa shape index (κ3) is 5.82. The number of carboxylic acid groups (broad SMARTS) is 1. The molecule has 0 aliphatic heterocycles. The number of aliphatic hydroxyl groups excluding tert-OH is 1. The normalized spacial score (nSPS) is 15.9. The van der Waals surface area contributed by atoms with E-state index < -0.39 is 11.6 Å². The van der Waals surface area contributed by atoms with Crippen molar-refractivity contribution in [3.05, 3.63) is 0 Å². The van der Waals surface area contributed by atoms with Crippen molar-refractivity contribution in [3.8, 4) is 0 Å². The van der Waals surface area contributed by atoms with Crippen LogP contribution < -0.4 is 0 Å². The number of carboxylic acids is 1. The molecule has 4 heteroatoms. The van der Waals surface area contributed by atoms with Crippen LogP contribution in [0.25, 0.3) is 0 Å². The summed E-state index contributed by atoms with van der Waals surface area (Å²) in [7, 11) is 0. The molecule has 66 valence electrons. The van der Waals surface area contributed by atoms with E-state index in [9.17, 15) is 9.90 Å². The largest absolute Gasteiger partial charge is 0.481 e. The Morgan fingerprint density at radius 2 is 2.09 bits per heavy atom. The smallest absolute Gasteiger partial charge is 0.303 e. The molecule has 0 amide bonds. The van der Waals surface area contributed by atoms with E-state index in [1.807, 2.05) is 0 Å². The molecule has 1 atom stereocenters. The first-order valence-corrected chi connectivity index (χ1v) is 3.53. The van der Waals surface area contributed by atoms with Crippen molar-refractivity contribution in [1.29, 1.82) is 0 Å². The Balaban J connectivity index is 3.45. The average molecular weight is 162 g/mol. The topological polar surface area (TPSA) is 77.8 Å². The standard InChI is InChI=1S/C7H14O4/c1-7(11,5-8)4-2-3-6(9)10/h8,11H,2-5H2,1H3,(H,9,10). The molecule has 0 aliphatic carbocycles. The second-order valence-electron chi connectivity index (χ2n) is 2.90. The summed E-state index contributed by atoms with van der Waals surface area (Å²) >= 11 is 0. The van der Waals surface area contributed by atoms with Gasteiger partial charge in [-0.3, -0.25) is 4.79 Å². The maximum absolute atomic E-state index is 10.0. The predicted molar refractivity (Wildman–Crippen MR) is 39.2 cm³/mol. The van der Waals surface area contributed by atoms with Gasteiger partial charge in [-0.1, -0.05) is 0 Å². The molecule has 0 aromatic carbocycles. The average Bonchev–Trinajstić information content (AvgIpc) is 1.87. The van der Waals surface area contributed by atoms with Crippen molar-refractivity contribution in [2.45, 2.75) is 31.8 Å². The van der Waals surface area contributed by atoms with E-state index in [-0.39, 0.29) is 13.0 Å². The molecule has 0 aliphatic rings. The minimum Gasteiger partial charge on any atom is -0.481 e. The fraction of sp³-hybridized carbons (Fsp3) is 0.857. The van der Waals surface area contributed by atoms with Crippen molar-refractivity contribution in [1.82, 2.24) is 0 Å². The monoisotopic (exact) mass is 162 g/mol. The Morgan fingerprint density at radius 1 is 1.55 bits per heavy atom. The number of aliphatic carboxylic acids is 1. The maximum Gasteiger partial charge on any atom is 0.303 e. The molecule has 0 spiro atoms. The highest BCUT2D eigenvalue weighted by Gasteiger charge is 2.18. The summed E-state index contributed by atoms with van der Waals surface area (Å²) in [6, 6.07) is 0. The Morgan fingerprint density at radius 3 is 2.45 bits per heavy atom. The summed E-state index contributed by atoms with van der Waals surface area (Å²) in [4.78, 5) is 10.0. The first kappa shape index (κ1) is 10.4. The van der Waals surface area contributed by atoms with Crippen LogP contribution >= 0.6 is 0 Å². The van der Waals surface area contributed by atoms with Gasteiger partial charge in [0.2, 0.25) is 0 Å². The van der Waals surface area contributed by atoms with Crippen LogP contribution in [-0.2, 0) is 4.79 Å². The highest BCUT2D eigenvalue weighted by Crippen LogP contribution is 2.11. The molecule has 0 aromatic heterocycles. The molecule has 0 rings (SSSR count). The molecule has 0 saturated carbocycles. The summed E-state index contributed by atoms with van der Waals surface area (Å²) in [5.74, 6) is -0.876. The van der Waals surface area contributed by atoms with Crippen molar-refractivity contribution < 1.29 is 20.1 Å². The van der Waals surface area contributed by atoms with Gasteiger partial charge in [0.25, 0.3) is 0 Å². The van der Waals surface area contributed by atoms with Crippen LogP contribution in [0, 0.1) is 0 Å². The van der Waals surface area contributed by atoms with Crippen LogP contribution in [0.2, 0.25) is 0 Å². The molecule has 3 N–H and O–H groups in total. The Kier molecular flexibility index (Phi) is 4.07. The molecule has 0 heterocycles. The van der Waals surface area contributed by atoms with E-state index in [0.717, 1.165) is 0 Å². The number of hydrogen-bond donors (Lipinski definition) is 3. The van der Waals surface area contributed by atoms with Crippen LogP contribution in [0.15, 0.2) is 0 Å². The molecule has 0 aromatic rings. The lowest BCUT2D eigenvalue weighted by Gasteiger charge is -2.18. The second-order valence-corrected chi connectivity index (χ2v) is 2.90. The molecule has 1 unspecified atom stereocenters. The van der Waals surface area contributed by atoms with E-state index in [2.05, 4.69) is 0 Å². The third-order valence-electron chi connectivity index (χ3n) is 1.45. The van der Waals surface area contributed by atoms with Gasteiger partial charge >= 0.3 is 5.97 Å². The predicted octanol–water partition coefficient (Wildman–Crippen LogP) is -0.0154. The highest BCUT2D eigenvalue weighted by molar-refractivity contribution is 5.66. The van der Waals surface area contributed by atoms with Crippen LogP contribution in [0.1, 0.15) is 26.2 Å². The van der Waals surface area contributed by atoms with Gasteiger partial charge < -0.3 is 15.3 Å². The SMILES string of the molecule is CC(O)(CO)CCCC(=O)O. The zero-order chi connectivity index (χ0) is 8.91. The van der Waals surface area contributed by atoms with Gasteiger partial charge in [-0.15, -0.1) is 0 Å². The van der Waals surface area contributed by atoms with Crippen molar-refractivity contribution in [2.24, 2.45) is 0 Å². The third-order valence-corrected chi connectivity index (χ3v) is 1.45. The molecule has 0 saturated heterocycles. The van der Waals surface area contributed by atoms with Crippen LogP contribution in [-0.4, -0.2) is 33.5 Å². The molecular formula is C7H14O4. The minimum absolute atomic E-state index is 0.0378. The van der Waals surface area contributed by atoms with Gasteiger partial charge in [0.1, 0.15) is 0 Å². The maximum atomic E-state index is 10.0. The van der Waals surface area contributed by atoms with Crippen LogP contribution in [0.4, 0.5) is 0 Å². The summed E-state index contributed by atoms with van der Waals surface area (Å²) in [5.41, 5.74) is -1.13. The van der Waals surface area contributed by atoms with Gasteiger partial charge in [-0.2, -0.15) is 0 Å². The second kappa shape index (κ2) is 4.31. The van der Waals surface area contributed by atoms with Gasteiger partial charge in [0.15, 0.2) is 0 Å². The van der Waals surface area contributed by atoms with Crippen molar-refractivity contribution >= 4 is 5.97 Å². The molecule has 0 fully saturated rings. The zero-order valence-corrected chi connectivity index (χ0v) is 6.58. The number of aliphatic hydroxyl groups is 2. The van der Waals surface area contributed by atoms with Crippen molar-refractivity contribution in [3.63, 3.8) is 0 Å². The van der Waals surface area contributed by atoms with E-state index in [4.69, 9.17) is 10.2 Å². The lowest BCUT2D eigenvalue weighted by molar-refractivity contribution is -0.137. The number of hydrogen-bond acceptors (Lipinski definition) is 3. The van der Waals surface area contributed by atoms with Crippen LogP contribution in [0.3, 0.4) is 0 Å². The van der Waals surface area contributed by atoms with Gasteiger partial charge in [-0.05, 0) is 19.8 Å². The van der Waals surface area contributed by atoms with Crippen LogP contribution in [0.5, 0.6) is 0 Å². The lowest BCUT2D eigenvalue weighted by Crippen LogP contribution is -2.28. The molecule has 0 radical (unpaired) electrons. The summed E-state index contributed by atoms with van der Waals surface area (Å²) in [6.45, 7) is 1.15. The first-order chi connectivity index (χ1) is 4.98. The molecule has 0 bridgehead atoms. The summed E-state index contributed by atoms with van der Waals surface area (Å²) in [5, 5.41) is 26.0. The van der Waals surface area contributed by atoms with E-state index >= 15 is 0 Å². The van der Waals surface area contributed by atoms with Gasteiger partial charge in [0.05, 0.1) is 12.2 Å². The highest BCUT2D eigenvalue weighted by atomic mass is 16.4.